The molecule has 0 unspecified atom stereocenters. The summed E-state index contributed by atoms with van der Waals surface area (Å²) in [5, 5.41) is 22.2. The first kappa shape index (κ1) is 17.6. The van der Waals surface area contributed by atoms with E-state index in [1.54, 1.807) is 13.0 Å². The van der Waals surface area contributed by atoms with Gasteiger partial charge in [-0.05, 0) is 25.2 Å². The molecule has 1 aromatic carbocycles. The number of H-pyrrole nitrogens is 1. The molecule has 0 spiro atoms. The number of nitro groups is 1. The lowest BCUT2D eigenvalue weighted by atomic mass is 10.2. The highest BCUT2D eigenvalue weighted by atomic mass is 32.1. The van der Waals surface area contributed by atoms with Crippen molar-refractivity contribution in [1.29, 1.82) is 0 Å². The van der Waals surface area contributed by atoms with E-state index < -0.39 is 4.92 Å². The number of rotatable bonds is 7. The average molecular weight is 351 g/mol. The number of benzene rings is 1. The maximum atomic E-state index is 11.3. The van der Waals surface area contributed by atoms with Gasteiger partial charge in [0.15, 0.2) is 11.6 Å². The molecule has 10 heteroatoms. The molecule has 0 saturated heterocycles. The maximum Gasteiger partial charge on any atom is 0.315 e. The zero-order valence-electron chi connectivity index (χ0n) is 13.5. The van der Waals surface area contributed by atoms with E-state index in [2.05, 4.69) is 15.3 Å². The van der Waals surface area contributed by atoms with E-state index in [1.165, 1.54) is 24.1 Å². The third-order valence-corrected chi connectivity index (χ3v) is 3.38. The minimum atomic E-state index is -0.522. The number of hydrogen-bond donors (Lipinski definition) is 1. The Morgan fingerprint density at radius 3 is 2.83 bits per heavy atom. The SMILES string of the molecule is CCOc1c(OC)cc(/C=N\n2c(CC)n[nH]c2=S)cc1[N+](=O)[O-]. The van der Waals surface area contributed by atoms with Gasteiger partial charge in [-0.3, -0.25) is 15.2 Å². The molecule has 2 aromatic rings. The van der Waals surface area contributed by atoms with Crippen molar-refractivity contribution in [1.82, 2.24) is 14.9 Å². The molecule has 0 atom stereocenters. The summed E-state index contributed by atoms with van der Waals surface area (Å²) < 4.78 is 12.3. The molecule has 1 heterocycles. The minimum absolute atomic E-state index is 0.0938. The molecule has 1 N–H and O–H groups in total. The van der Waals surface area contributed by atoms with Crippen molar-refractivity contribution in [3.8, 4) is 11.5 Å². The van der Waals surface area contributed by atoms with Gasteiger partial charge in [-0.1, -0.05) is 6.92 Å². The molecule has 24 heavy (non-hydrogen) atoms. The van der Waals surface area contributed by atoms with Gasteiger partial charge in [-0.15, -0.1) is 0 Å². The van der Waals surface area contributed by atoms with Crippen LogP contribution in [-0.2, 0) is 6.42 Å². The molecule has 1 aromatic heterocycles. The summed E-state index contributed by atoms with van der Waals surface area (Å²) in [5.41, 5.74) is 0.288. The van der Waals surface area contributed by atoms with Crippen LogP contribution in [0.3, 0.4) is 0 Å². The fourth-order valence-electron chi connectivity index (χ4n) is 2.06. The van der Waals surface area contributed by atoms with Crippen LogP contribution in [0.1, 0.15) is 25.2 Å². The summed E-state index contributed by atoms with van der Waals surface area (Å²) in [6.07, 6.45) is 2.09. The topological polar surface area (TPSA) is 108 Å². The Bertz CT molecular complexity index is 827. The van der Waals surface area contributed by atoms with Gasteiger partial charge in [-0.25, -0.2) is 0 Å². The lowest BCUT2D eigenvalue weighted by Gasteiger charge is -2.10. The monoisotopic (exact) mass is 351 g/mol. The Morgan fingerprint density at radius 2 is 2.25 bits per heavy atom. The van der Waals surface area contributed by atoms with Crippen LogP contribution >= 0.6 is 12.2 Å². The van der Waals surface area contributed by atoms with Crippen molar-refractivity contribution < 1.29 is 14.4 Å². The van der Waals surface area contributed by atoms with Gasteiger partial charge in [0.05, 0.1) is 24.9 Å². The number of methoxy groups -OCH3 is 1. The summed E-state index contributed by atoms with van der Waals surface area (Å²) >= 11 is 5.10. The van der Waals surface area contributed by atoms with Crippen LogP contribution in [0, 0.1) is 14.9 Å². The molecule has 0 aliphatic heterocycles. The number of aryl methyl sites for hydroxylation is 1. The predicted molar refractivity (Wildman–Crippen MR) is 90.6 cm³/mol. The molecule has 0 fully saturated rings. The number of hydrogen-bond acceptors (Lipinski definition) is 7. The molecule has 0 amide bonds. The molecule has 2 rings (SSSR count). The molecule has 0 radical (unpaired) electrons. The number of aromatic amines is 1. The number of nitrogens with zero attached hydrogens (tertiary/aromatic N) is 4. The second kappa shape index (κ2) is 7.68. The van der Waals surface area contributed by atoms with Crippen LogP contribution in [0.15, 0.2) is 17.2 Å². The molecular weight excluding hydrogens is 334 g/mol. The highest BCUT2D eigenvalue weighted by Gasteiger charge is 2.21. The molecule has 0 aliphatic carbocycles. The lowest BCUT2D eigenvalue weighted by molar-refractivity contribution is -0.385. The van der Waals surface area contributed by atoms with E-state index in [-0.39, 0.29) is 23.8 Å². The fourth-order valence-corrected chi connectivity index (χ4v) is 2.25. The van der Waals surface area contributed by atoms with Crippen LogP contribution in [-0.4, -0.2) is 39.7 Å². The fraction of sp³-hybridized carbons (Fsp3) is 0.357. The number of ether oxygens (including phenoxy) is 2. The van der Waals surface area contributed by atoms with Crippen LogP contribution in [0.2, 0.25) is 0 Å². The van der Waals surface area contributed by atoms with Gasteiger partial charge < -0.3 is 9.47 Å². The van der Waals surface area contributed by atoms with Gasteiger partial charge in [0.2, 0.25) is 10.5 Å². The average Bonchev–Trinajstić information content (AvgIpc) is 2.93. The van der Waals surface area contributed by atoms with Crippen molar-refractivity contribution in [2.45, 2.75) is 20.3 Å². The smallest absolute Gasteiger partial charge is 0.315 e. The van der Waals surface area contributed by atoms with Crippen molar-refractivity contribution in [2.75, 3.05) is 13.7 Å². The van der Waals surface area contributed by atoms with Gasteiger partial charge in [-0.2, -0.15) is 14.9 Å². The Hall–Kier alpha value is -2.75. The first-order valence-electron chi connectivity index (χ1n) is 7.21. The second-order valence-electron chi connectivity index (χ2n) is 4.62. The Kier molecular flexibility index (Phi) is 5.64. The van der Waals surface area contributed by atoms with Gasteiger partial charge in [0.25, 0.3) is 0 Å². The van der Waals surface area contributed by atoms with Gasteiger partial charge >= 0.3 is 5.69 Å². The third-order valence-electron chi connectivity index (χ3n) is 3.12. The summed E-state index contributed by atoms with van der Waals surface area (Å²) in [7, 11) is 1.42. The first-order chi connectivity index (χ1) is 11.5. The Labute approximate surface area is 143 Å². The lowest BCUT2D eigenvalue weighted by Crippen LogP contribution is -2.02. The Morgan fingerprint density at radius 1 is 1.50 bits per heavy atom. The van der Waals surface area contributed by atoms with Gasteiger partial charge in [0.1, 0.15) is 0 Å². The molecule has 0 aliphatic rings. The normalized spacial score (nSPS) is 11.0. The number of aromatic nitrogens is 3. The largest absolute Gasteiger partial charge is 0.493 e. The van der Waals surface area contributed by atoms with E-state index in [4.69, 9.17) is 21.7 Å². The molecule has 9 nitrogen and oxygen atoms in total. The highest BCUT2D eigenvalue weighted by Crippen LogP contribution is 2.37. The maximum absolute atomic E-state index is 11.3. The quantitative estimate of drug-likeness (QED) is 0.356. The molecular formula is C14H17N5O4S. The molecule has 128 valence electrons. The van der Waals surface area contributed by atoms with E-state index >= 15 is 0 Å². The van der Waals surface area contributed by atoms with Crippen LogP contribution in [0.4, 0.5) is 5.69 Å². The van der Waals surface area contributed by atoms with Crippen molar-refractivity contribution in [3.05, 3.63) is 38.4 Å². The van der Waals surface area contributed by atoms with E-state index in [0.717, 1.165) is 0 Å². The zero-order valence-corrected chi connectivity index (χ0v) is 14.3. The van der Waals surface area contributed by atoms with Crippen LogP contribution in [0.5, 0.6) is 11.5 Å². The number of nitro benzene ring substituents is 1. The van der Waals surface area contributed by atoms with Crippen molar-refractivity contribution in [3.63, 3.8) is 0 Å². The minimum Gasteiger partial charge on any atom is -0.493 e. The highest BCUT2D eigenvalue weighted by molar-refractivity contribution is 7.71. The van der Waals surface area contributed by atoms with Crippen LogP contribution in [0.25, 0.3) is 0 Å². The summed E-state index contributed by atoms with van der Waals surface area (Å²) in [5.74, 6) is 1.01. The second-order valence-corrected chi connectivity index (χ2v) is 5.00. The van der Waals surface area contributed by atoms with Gasteiger partial charge in [0, 0.05) is 18.1 Å². The summed E-state index contributed by atoms with van der Waals surface area (Å²) in [6.45, 7) is 3.95. The molecule has 0 bridgehead atoms. The van der Waals surface area contributed by atoms with E-state index in [9.17, 15) is 10.1 Å². The number of nitrogens with one attached hydrogen (secondary N) is 1. The standard InChI is InChI=1S/C14H17N5O4S/c1-4-12-16-17-14(24)18(12)15-8-9-6-10(19(20)21)13(23-5-2)11(7-9)22-3/h6-8H,4-5H2,1-3H3,(H,17,24)/b15-8-. The first-order valence-corrected chi connectivity index (χ1v) is 7.62. The van der Waals surface area contributed by atoms with Crippen LogP contribution < -0.4 is 9.47 Å². The Balaban J connectivity index is 2.49. The van der Waals surface area contributed by atoms with Crippen molar-refractivity contribution >= 4 is 24.1 Å². The summed E-state index contributed by atoms with van der Waals surface area (Å²) in [6, 6.07) is 2.98. The summed E-state index contributed by atoms with van der Waals surface area (Å²) in [4.78, 5) is 10.8. The predicted octanol–water partition coefficient (Wildman–Crippen LogP) is 2.70. The van der Waals surface area contributed by atoms with E-state index in [1.807, 2.05) is 6.92 Å². The molecule has 0 saturated carbocycles. The zero-order chi connectivity index (χ0) is 17.7. The third kappa shape index (κ3) is 3.59. The van der Waals surface area contributed by atoms with Crippen molar-refractivity contribution in [2.24, 2.45) is 5.10 Å². The van der Waals surface area contributed by atoms with E-state index in [0.29, 0.717) is 22.6 Å².